The van der Waals surface area contributed by atoms with Crippen molar-refractivity contribution in [1.82, 2.24) is 19.9 Å². The van der Waals surface area contributed by atoms with E-state index in [2.05, 4.69) is 25.3 Å². The highest BCUT2D eigenvalue weighted by Crippen LogP contribution is 2.26. The quantitative estimate of drug-likeness (QED) is 0.504. The number of aliphatic carboxylic acids is 1. The number of carboxylic acid groups (broad SMARTS) is 1. The molecule has 3 rings (SSSR count). The number of carboxylic acids is 1. The summed E-state index contributed by atoms with van der Waals surface area (Å²) in [6.45, 7) is 0.197. The normalized spacial score (nSPS) is 11.7. The molecule has 3 aromatic rings. The van der Waals surface area contributed by atoms with Crippen molar-refractivity contribution >= 4 is 23.5 Å². The maximum atomic E-state index is 13.8. The van der Waals surface area contributed by atoms with E-state index in [-0.39, 0.29) is 29.8 Å². The van der Waals surface area contributed by atoms with Crippen LogP contribution in [0.5, 0.6) is 11.6 Å². The van der Waals surface area contributed by atoms with Gasteiger partial charge in [0.1, 0.15) is 12.1 Å². The molecule has 4 N–H and O–H groups in total. The fourth-order valence-corrected chi connectivity index (χ4v) is 2.44. The standard InChI is InChI=1S/C18H16ClFN6O3/c19-11-5-14(20)17(22-7-11)29-13-3-1-10(2-4-13)16-24-9-25-18(26-16)23-8-12(21)6-15(27)28/h1-5,7,9,12H,6,8,21H2,(H,27,28)(H,23,24,25,26)/t12-/m0/s1. The molecule has 0 bridgehead atoms. The molecule has 1 atom stereocenters. The van der Waals surface area contributed by atoms with Crippen LogP contribution in [-0.2, 0) is 4.79 Å². The molecule has 0 saturated carbocycles. The number of nitrogens with zero attached hydrogens (tertiary/aromatic N) is 4. The summed E-state index contributed by atoms with van der Waals surface area (Å²) in [5, 5.41) is 11.8. The fourth-order valence-electron chi connectivity index (χ4n) is 2.30. The van der Waals surface area contributed by atoms with Crippen LogP contribution in [0.1, 0.15) is 6.42 Å². The first-order valence-corrected chi connectivity index (χ1v) is 8.78. The van der Waals surface area contributed by atoms with Gasteiger partial charge < -0.3 is 20.9 Å². The number of ether oxygens (including phenoxy) is 1. The summed E-state index contributed by atoms with van der Waals surface area (Å²) in [7, 11) is 0. The zero-order chi connectivity index (χ0) is 20.8. The first-order valence-electron chi connectivity index (χ1n) is 8.40. The van der Waals surface area contributed by atoms with E-state index in [1.807, 2.05) is 0 Å². The van der Waals surface area contributed by atoms with Gasteiger partial charge in [0.05, 0.1) is 11.4 Å². The third-order valence-electron chi connectivity index (χ3n) is 3.63. The van der Waals surface area contributed by atoms with Gasteiger partial charge in [-0.05, 0) is 30.3 Å². The molecule has 150 valence electrons. The van der Waals surface area contributed by atoms with Crippen molar-refractivity contribution in [3.8, 4) is 23.0 Å². The molecular formula is C18H16ClFN6O3. The Morgan fingerprint density at radius 1 is 1.28 bits per heavy atom. The lowest BCUT2D eigenvalue weighted by molar-refractivity contribution is -0.137. The topological polar surface area (TPSA) is 136 Å². The molecule has 0 unspecified atom stereocenters. The molecule has 0 radical (unpaired) electrons. The second-order valence-corrected chi connectivity index (χ2v) is 6.37. The Balaban J connectivity index is 1.67. The third kappa shape index (κ3) is 5.80. The average Bonchev–Trinajstić information content (AvgIpc) is 2.69. The number of rotatable bonds is 8. The molecule has 0 aliphatic rings. The number of anilines is 1. The minimum absolute atomic E-state index is 0.171. The van der Waals surface area contributed by atoms with Crippen molar-refractivity contribution < 1.29 is 19.0 Å². The van der Waals surface area contributed by atoms with E-state index in [9.17, 15) is 9.18 Å². The number of carbonyl (C=O) groups is 1. The van der Waals surface area contributed by atoms with Crippen LogP contribution in [0.15, 0.2) is 42.9 Å². The van der Waals surface area contributed by atoms with Crippen LogP contribution < -0.4 is 15.8 Å². The Labute approximate surface area is 169 Å². The summed E-state index contributed by atoms with van der Waals surface area (Å²) in [6.07, 6.45) is 2.44. The van der Waals surface area contributed by atoms with E-state index in [0.717, 1.165) is 6.07 Å². The number of nitrogens with two attached hydrogens (primary N) is 1. The molecule has 11 heteroatoms. The molecule has 0 saturated heterocycles. The van der Waals surface area contributed by atoms with E-state index in [0.29, 0.717) is 17.1 Å². The molecule has 9 nitrogen and oxygen atoms in total. The van der Waals surface area contributed by atoms with Crippen LogP contribution in [0.4, 0.5) is 10.3 Å². The van der Waals surface area contributed by atoms with Crippen LogP contribution >= 0.6 is 11.6 Å². The summed E-state index contributed by atoms with van der Waals surface area (Å²) in [5.74, 6) is -0.816. The lowest BCUT2D eigenvalue weighted by Crippen LogP contribution is -2.32. The van der Waals surface area contributed by atoms with Gasteiger partial charge in [-0.15, -0.1) is 0 Å². The summed E-state index contributed by atoms with van der Waals surface area (Å²) >= 11 is 5.67. The summed E-state index contributed by atoms with van der Waals surface area (Å²) in [4.78, 5) is 26.8. The average molecular weight is 419 g/mol. The van der Waals surface area contributed by atoms with E-state index in [4.69, 9.17) is 27.2 Å². The van der Waals surface area contributed by atoms with Gasteiger partial charge >= 0.3 is 5.97 Å². The summed E-state index contributed by atoms with van der Waals surface area (Å²) < 4.78 is 19.2. The maximum Gasteiger partial charge on any atom is 0.304 e. The summed E-state index contributed by atoms with van der Waals surface area (Å²) in [5.41, 5.74) is 6.37. The van der Waals surface area contributed by atoms with Crippen LogP contribution in [0.2, 0.25) is 5.02 Å². The van der Waals surface area contributed by atoms with Crippen LogP contribution in [-0.4, -0.2) is 43.6 Å². The highest BCUT2D eigenvalue weighted by atomic mass is 35.5. The van der Waals surface area contributed by atoms with Gasteiger partial charge in [0.15, 0.2) is 11.6 Å². The number of hydrogen-bond acceptors (Lipinski definition) is 8. The molecule has 0 spiro atoms. The van der Waals surface area contributed by atoms with Gasteiger partial charge in [0, 0.05) is 24.3 Å². The Hall–Kier alpha value is -3.37. The Morgan fingerprint density at radius 2 is 2.03 bits per heavy atom. The number of aromatic nitrogens is 4. The third-order valence-corrected chi connectivity index (χ3v) is 3.84. The summed E-state index contributed by atoms with van der Waals surface area (Å²) in [6, 6.07) is 7.15. The number of nitrogens with one attached hydrogen (secondary N) is 1. The predicted molar refractivity (Wildman–Crippen MR) is 103 cm³/mol. The molecule has 0 fully saturated rings. The highest BCUT2D eigenvalue weighted by Gasteiger charge is 2.11. The lowest BCUT2D eigenvalue weighted by Gasteiger charge is -2.11. The number of pyridine rings is 1. The van der Waals surface area contributed by atoms with Crippen molar-refractivity contribution in [1.29, 1.82) is 0 Å². The zero-order valence-corrected chi connectivity index (χ0v) is 15.7. The molecule has 0 aliphatic heterocycles. The Bertz CT molecular complexity index is 1010. The minimum atomic E-state index is -0.980. The Morgan fingerprint density at radius 3 is 2.72 bits per heavy atom. The van der Waals surface area contributed by atoms with Crippen LogP contribution in [0.25, 0.3) is 11.4 Å². The molecule has 0 amide bonds. The largest absolute Gasteiger partial charge is 0.481 e. The van der Waals surface area contributed by atoms with Gasteiger partial charge in [-0.2, -0.15) is 4.98 Å². The number of halogens is 2. The van der Waals surface area contributed by atoms with Crippen LogP contribution in [0, 0.1) is 5.82 Å². The number of benzene rings is 1. The molecule has 0 aliphatic carbocycles. The van der Waals surface area contributed by atoms with E-state index < -0.39 is 17.8 Å². The second kappa shape index (κ2) is 9.22. The molecule has 2 heterocycles. The van der Waals surface area contributed by atoms with Crippen molar-refractivity contribution in [2.45, 2.75) is 12.5 Å². The van der Waals surface area contributed by atoms with E-state index >= 15 is 0 Å². The van der Waals surface area contributed by atoms with Crippen molar-refractivity contribution in [2.24, 2.45) is 5.73 Å². The maximum absolute atomic E-state index is 13.8. The van der Waals surface area contributed by atoms with Gasteiger partial charge in [-0.3, -0.25) is 4.79 Å². The zero-order valence-electron chi connectivity index (χ0n) is 14.9. The Kier molecular flexibility index (Phi) is 6.47. The predicted octanol–water partition coefficient (Wildman–Crippen LogP) is 2.73. The van der Waals surface area contributed by atoms with Crippen molar-refractivity contribution in [3.63, 3.8) is 0 Å². The lowest BCUT2D eigenvalue weighted by atomic mass is 10.2. The van der Waals surface area contributed by atoms with Crippen LogP contribution in [0.3, 0.4) is 0 Å². The van der Waals surface area contributed by atoms with Crippen molar-refractivity contribution in [3.05, 3.63) is 53.7 Å². The van der Waals surface area contributed by atoms with Gasteiger partial charge in [-0.25, -0.2) is 19.3 Å². The van der Waals surface area contributed by atoms with Gasteiger partial charge in [0.2, 0.25) is 5.95 Å². The fraction of sp³-hybridized carbons (Fsp3) is 0.167. The monoisotopic (exact) mass is 418 g/mol. The molecule has 2 aromatic heterocycles. The smallest absolute Gasteiger partial charge is 0.304 e. The highest BCUT2D eigenvalue weighted by molar-refractivity contribution is 6.30. The minimum Gasteiger partial charge on any atom is -0.481 e. The second-order valence-electron chi connectivity index (χ2n) is 5.94. The molecular weight excluding hydrogens is 403 g/mol. The molecule has 1 aromatic carbocycles. The van der Waals surface area contributed by atoms with E-state index in [1.54, 1.807) is 24.3 Å². The molecule has 29 heavy (non-hydrogen) atoms. The van der Waals surface area contributed by atoms with Gasteiger partial charge in [-0.1, -0.05) is 11.6 Å². The SMILES string of the molecule is N[C@H](CNc1ncnc(-c2ccc(Oc3ncc(Cl)cc3F)cc2)n1)CC(=O)O. The number of hydrogen-bond donors (Lipinski definition) is 3. The van der Waals surface area contributed by atoms with Gasteiger partial charge in [0.25, 0.3) is 5.88 Å². The van der Waals surface area contributed by atoms with Crippen molar-refractivity contribution in [2.75, 3.05) is 11.9 Å². The van der Waals surface area contributed by atoms with E-state index in [1.165, 1.54) is 12.5 Å². The first kappa shape index (κ1) is 20.4. The first-order chi connectivity index (χ1) is 13.9.